The summed E-state index contributed by atoms with van der Waals surface area (Å²) in [6.45, 7) is 1.44. The van der Waals surface area contributed by atoms with Crippen molar-refractivity contribution < 1.29 is 32.2 Å². The van der Waals surface area contributed by atoms with Gasteiger partial charge in [0.1, 0.15) is 17.5 Å². The highest BCUT2D eigenvalue weighted by atomic mass is 32.2. The second kappa shape index (κ2) is 9.49. The van der Waals surface area contributed by atoms with Gasteiger partial charge in [-0.1, -0.05) is 6.07 Å². The molecule has 2 aromatic carbocycles. The summed E-state index contributed by atoms with van der Waals surface area (Å²) < 4.78 is 41.2. The molecule has 2 aromatic rings. The molecule has 1 N–H and O–H groups in total. The fraction of sp³-hybridized carbons (Fsp3) is 0.300. The van der Waals surface area contributed by atoms with Gasteiger partial charge in [-0.3, -0.25) is 9.10 Å². The average molecular weight is 436 g/mol. The Kier molecular flexibility index (Phi) is 7.28. The van der Waals surface area contributed by atoms with Crippen molar-refractivity contribution >= 4 is 33.3 Å². The van der Waals surface area contributed by atoms with Crippen molar-refractivity contribution in [3.63, 3.8) is 0 Å². The summed E-state index contributed by atoms with van der Waals surface area (Å²) in [6.07, 6.45) is 0.994. The van der Waals surface area contributed by atoms with E-state index in [4.69, 9.17) is 9.47 Å². The Morgan fingerprint density at radius 2 is 1.73 bits per heavy atom. The third kappa shape index (κ3) is 5.20. The van der Waals surface area contributed by atoms with Crippen LogP contribution in [0.5, 0.6) is 11.5 Å². The zero-order valence-electron chi connectivity index (χ0n) is 17.3. The number of anilines is 2. The molecule has 0 heterocycles. The largest absolute Gasteiger partial charge is 0.497 e. The molecule has 0 bridgehead atoms. The molecule has 0 saturated carbocycles. The Labute approximate surface area is 175 Å². The number of carbonyl (C=O) groups excluding carboxylic acids is 2. The van der Waals surface area contributed by atoms with Crippen molar-refractivity contribution in [1.82, 2.24) is 0 Å². The molecular formula is C20H24N2O7S. The fourth-order valence-electron chi connectivity index (χ4n) is 2.84. The molecule has 0 spiro atoms. The molecule has 1 atom stereocenters. The molecule has 0 unspecified atom stereocenters. The Morgan fingerprint density at radius 3 is 2.30 bits per heavy atom. The van der Waals surface area contributed by atoms with Crippen LogP contribution in [-0.4, -0.2) is 53.9 Å². The topological polar surface area (TPSA) is 111 Å². The van der Waals surface area contributed by atoms with E-state index in [1.54, 1.807) is 24.3 Å². The first kappa shape index (κ1) is 23.0. The number of hydrogen-bond acceptors (Lipinski definition) is 7. The summed E-state index contributed by atoms with van der Waals surface area (Å²) >= 11 is 0. The fourth-order valence-corrected chi connectivity index (χ4v) is 4.01. The van der Waals surface area contributed by atoms with Gasteiger partial charge in [-0.25, -0.2) is 13.2 Å². The lowest BCUT2D eigenvalue weighted by atomic mass is 10.2. The molecule has 30 heavy (non-hydrogen) atoms. The Balaban J connectivity index is 2.40. The zero-order chi connectivity index (χ0) is 22.5. The summed E-state index contributed by atoms with van der Waals surface area (Å²) in [6, 6.07) is 9.63. The van der Waals surface area contributed by atoms with Gasteiger partial charge in [0.15, 0.2) is 0 Å². The molecule has 0 aromatic heterocycles. The molecule has 0 aliphatic heterocycles. The van der Waals surface area contributed by atoms with Crippen LogP contribution in [0.3, 0.4) is 0 Å². The molecule has 0 aliphatic carbocycles. The van der Waals surface area contributed by atoms with Crippen molar-refractivity contribution in [1.29, 1.82) is 0 Å². The summed E-state index contributed by atoms with van der Waals surface area (Å²) in [5.74, 6) is -0.503. The SMILES string of the molecule is COC(=O)c1cccc(NC(=O)[C@@H](C)N(c2cc(OC)ccc2OC)S(C)(=O)=O)c1. The monoisotopic (exact) mass is 436 g/mol. The molecule has 1 amide bonds. The van der Waals surface area contributed by atoms with Gasteiger partial charge in [0.05, 0.1) is 38.8 Å². The first-order chi connectivity index (χ1) is 14.1. The molecule has 0 radical (unpaired) electrons. The van der Waals surface area contributed by atoms with Gasteiger partial charge in [-0.15, -0.1) is 0 Å². The van der Waals surface area contributed by atoms with Gasteiger partial charge in [0, 0.05) is 11.8 Å². The summed E-state index contributed by atoms with van der Waals surface area (Å²) in [5.41, 5.74) is 0.725. The van der Waals surface area contributed by atoms with E-state index in [1.807, 2.05) is 0 Å². The number of methoxy groups -OCH3 is 3. The van der Waals surface area contributed by atoms with Gasteiger partial charge in [0.25, 0.3) is 0 Å². The van der Waals surface area contributed by atoms with Crippen LogP contribution >= 0.6 is 0 Å². The van der Waals surface area contributed by atoms with Crippen LogP contribution in [0.4, 0.5) is 11.4 Å². The van der Waals surface area contributed by atoms with Crippen molar-refractivity contribution in [2.24, 2.45) is 0 Å². The molecule has 162 valence electrons. The smallest absolute Gasteiger partial charge is 0.337 e. The van der Waals surface area contributed by atoms with E-state index in [0.717, 1.165) is 10.6 Å². The van der Waals surface area contributed by atoms with Gasteiger partial charge in [-0.2, -0.15) is 0 Å². The number of nitrogens with one attached hydrogen (secondary N) is 1. The van der Waals surface area contributed by atoms with E-state index < -0.39 is 27.9 Å². The van der Waals surface area contributed by atoms with E-state index in [1.165, 1.54) is 46.5 Å². The summed E-state index contributed by atoms with van der Waals surface area (Å²) in [4.78, 5) is 24.6. The second-order valence-corrected chi connectivity index (χ2v) is 8.19. The lowest BCUT2D eigenvalue weighted by Crippen LogP contribution is -2.45. The van der Waals surface area contributed by atoms with Crippen molar-refractivity contribution in [2.45, 2.75) is 13.0 Å². The number of sulfonamides is 1. The Morgan fingerprint density at radius 1 is 1.03 bits per heavy atom. The second-order valence-electron chi connectivity index (χ2n) is 6.33. The molecule has 10 heteroatoms. The third-order valence-corrected chi connectivity index (χ3v) is 5.49. The van der Waals surface area contributed by atoms with E-state index in [-0.39, 0.29) is 17.0 Å². The zero-order valence-corrected chi connectivity index (χ0v) is 18.1. The molecule has 0 saturated heterocycles. The van der Waals surface area contributed by atoms with Crippen LogP contribution in [0, 0.1) is 0 Å². The highest BCUT2D eigenvalue weighted by Crippen LogP contribution is 2.35. The first-order valence-electron chi connectivity index (χ1n) is 8.83. The minimum absolute atomic E-state index is 0.158. The van der Waals surface area contributed by atoms with Gasteiger partial charge in [0.2, 0.25) is 15.9 Å². The van der Waals surface area contributed by atoms with E-state index in [2.05, 4.69) is 10.1 Å². The number of benzene rings is 2. The first-order valence-corrected chi connectivity index (χ1v) is 10.7. The molecule has 0 aliphatic rings. The standard InChI is InChI=1S/C20H24N2O7S/c1-13(19(23)21-15-8-6-7-14(11-15)20(24)29-4)22(30(5,25)26)17-12-16(27-2)9-10-18(17)28-3/h6-13H,1-5H3,(H,21,23)/t13-/m1/s1. The minimum atomic E-state index is -3.87. The number of carbonyl (C=O) groups is 2. The summed E-state index contributed by atoms with van der Waals surface area (Å²) in [5, 5.41) is 2.62. The quantitative estimate of drug-likeness (QED) is 0.632. The van der Waals surface area contributed by atoms with Crippen LogP contribution in [-0.2, 0) is 19.6 Å². The predicted molar refractivity (Wildman–Crippen MR) is 113 cm³/mol. The van der Waals surface area contributed by atoms with E-state index in [0.29, 0.717) is 11.4 Å². The highest BCUT2D eigenvalue weighted by molar-refractivity contribution is 7.92. The van der Waals surface area contributed by atoms with Gasteiger partial charge < -0.3 is 19.5 Å². The number of nitrogens with zero attached hydrogens (tertiary/aromatic N) is 1. The van der Waals surface area contributed by atoms with Crippen LogP contribution in [0.25, 0.3) is 0 Å². The normalized spacial score (nSPS) is 11.9. The number of esters is 1. The van der Waals surface area contributed by atoms with Crippen LogP contribution in [0.15, 0.2) is 42.5 Å². The summed E-state index contributed by atoms with van der Waals surface area (Å²) in [7, 11) is 0.219. The highest BCUT2D eigenvalue weighted by Gasteiger charge is 2.31. The van der Waals surface area contributed by atoms with Crippen molar-refractivity contribution in [2.75, 3.05) is 37.2 Å². The third-order valence-electron chi connectivity index (χ3n) is 4.26. The number of hydrogen-bond donors (Lipinski definition) is 1. The maximum atomic E-state index is 12.9. The van der Waals surface area contributed by atoms with Crippen molar-refractivity contribution in [3.8, 4) is 11.5 Å². The van der Waals surface area contributed by atoms with Crippen molar-refractivity contribution in [3.05, 3.63) is 48.0 Å². The molecule has 9 nitrogen and oxygen atoms in total. The van der Waals surface area contributed by atoms with Gasteiger partial charge in [-0.05, 0) is 37.3 Å². The van der Waals surface area contributed by atoms with Crippen LogP contribution < -0.4 is 19.1 Å². The number of rotatable bonds is 8. The maximum Gasteiger partial charge on any atom is 0.337 e. The van der Waals surface area contributed by atoms with E-state index >= 15 is 0 Å². The lowest BCUT2D eigenvalue weighted by molar-refractivity contribution is -0.116. The lowest BCUT2D eigenvalue weighted by Gasteiger charge is -2.29. The Bertz CT molecular complexity index is 1040. The number of amides is 1. The molecular weight excluding hydrogens is 412 g/mol. The van der Waals surface area contributed by atoms with Crippen LogP contribution in [0.2, 0.25) is 0 Å². The minimum Gasteiger partial charge on any atom is -0.497 e. The molecule has 2 rings (SSSR count). The predicted octanol–water partition coefficient (Wildman–Crippen LogP) is 2.28. The average Bonchev–Trinajstić information content (AvgIpc) is 2.72. The Hall–Kier alpha value is -3.27. The molecule has 0 fully saturated rings. The van der Waals surface area contributed by atoms with E-state index in [9.17, 15) is 18.0 Å². The maximum absolute atomic E-state index is 12.9. The number of ether oxygens (including phenoxy) is 3. The van der Waals surface area contributed by atoms with Crippen LogP contribution in [0.1, 0.15) is 17.3 Å². The van der Waals surface area contributed by atoms with Gasteiger partial charge >= 0.3 is 5.97 Å².